The molecule has 8 heteroatoms. The van der Waals surface area contributed by atoms with E-state index in [1.165, 1.54) is 6.07 Å². The molecule has 6 nitrogen and oxygen atoms in total. The molecule has 138 valence electrons. The Morgan fingerprint density at radius 2 is 1.48 bits per heavy atom. The molecule has 2 rings (SSSR count). The van der Waals surface area contributed by atoms with Crippen molar-refractivity contribution in [3.63, 3.8) is 0 Å². The van der Waals surface area contributed by atoms with Gasteiger partial charge in [-0.3, -0.25) is 8.75 Å². The summed E-state index contributed by atoms with van der Waals surface area (Å²) in [6, 6.07) is 12.0. The van der Waals surface area contributed by atoms with Crippen LogP contribution in [0.3, 0.4) is 0 Å². The van der Waals surface area contributed by atoms with Crippen molar-refractivity contribution in [1.29, 1.82) is 0 Å². The molecule has 0 aliphatic rings. The molecule has 0 unspecified atom stereocenters. The summed E-state index contributed by atoms with van der Waals surface area (Å²) >= 11 is 0. The van der Waals surface area contributed by atoms with E-state index in [-0.39, 0.29) is 4.90 Å². The van der Waals surface area contributed by atoms with Gasteiger partial charge >= 0.3 is 7.60 Å². The lowest BCUT2D eigenvalue weighted by Gasteiger charge is -2.22. The van der Waals surface area contributed by atoms with Gasteiger partial charge in [-0.25, -0.2) is 0 Å². The molecule has 0 aromatic heterocycles. The molecule has 0 radical (unpaired) electrons. The van der Waals surface area contributed by atoms with Crippen LogP contribution in [0.2, 0.25) is 0 Å². The molecule has 0 aliphatic heterocycles. The van der Waals surface area contributed by atoms with Gasteiger partial charge in [0.25, 0.3) is 10.1 Å². The minimum Gasteiger partial charge on any atom is -0.304 e. The third kappa shape index (κ3) is 5.36. The quantitative estimate of drug-likeness (QED) is 0.489. The molecular weight excluding hydrogens is 363 g/mol. The van der Waals surface area contributed by atoms with Gasteiger partial charge in [0.15, 0.2) is 6.35 Å². The fourth-order valence-electron chi connectivity index (χ4n) is 2.34. The monoisotopic (exact) mass is 386 g/mol. The first-order chi connectivity index (χ1) is 11.6. The Morgan fingerprint density at radius 1 is 0.920 bits per heavy atom. The fraction of sp³-hybridized carbons (Fsp3) is 0.412. The molecule has 0 saturated carbocycles. The molecule has 0 aliphatic carbocycles. The second kappa shape index (κ2) is 7.98. The van der Waals surface area contributed by atoms with Crippen molar-refractivity contribution in [3.8, 4) is 0 Å². The number of fused-ring (bicyclic) bond motifs is 1. The first-order valence-corrected chi connectivity index (χ1v) is 11.1. The third-order valence-electron chi connectivity index (χ3n) is 3.13. The zero-order valence-corrected chi connectivity index (χ0v) is 16.4. The van der Waals surface area contributed by atoms with Crippen LogP contribution in [-0.4, -0.2) is 27.0 Å². The second-order valence-electron chi connectivity index (χ2n) is 6.10. The van der Waals surface area contributed by atoms with E-state index in [9.17, 15) is 13.0 Å². The standard InChI is InChI=1S/C17H23O6PS/c1-13(2)22-24(18,23-14(3)4)12-21-25(19,20)17-11-7-9-15-8-5-6-10-16(15)17/h5-11,13-14H,12H2,1-4H3. The van der Waals surface area contributed by atoms with Crippen LogP contribution >= 0.6 is 7.60 Å². The first kappa shape index (κ1) is 20.1. The molecule has 0 bridgehead atoms. The maximum atomic E-state index is 12.7. The van der Waals surface area contributed by atoms with E-state index in [0.717, 1.165) is 5.39 Å². The summed E-state index contributed by atoms with van der Waals surface area (Å²) in [6.07, 6.45) is -1.46. The van der Waals surface area contributed by atoms with Crippen molar-refractivity contribution in [2.75, 3.05) is 6.35 Å². The third-order valence-corrected chi connectivity index (χ3v) is 6.56. The molecule has 0 atom stereocenters. The zero-order chi connectivity index (χ0) is 18.7. The summed E-state index contributed by atoms with van der Waals surface area (Å²) < 4.78 is 53.6. The van der Waals surface area contributed by atoms with E-state index in [4.69, 9.17) is 13.2 Å². The lowest BCUT2D eigenvalue weighted by atomic mass is 10.1. The fourth-order valence-corrected chi connectivity index (χ4v) is 5.69. The van der Waals surface area contributed by atoms with E-state index in [0.29, 0.717) is 5.39 Å². The number of rotatable bonds is 8. The minimum atomic E-state index is -4.12. The Labute approximate surface area is 148 Å². The molecule has 25 heavy (non-hydrogen) atoms. The molecule has 0 N–H and O–H groups in total. The van der Waals surface area contributed by atoms with Crippen molar-refractivity contribution in [1.82, 2.24) is 0 Å². The van der Waals surface area contributed by atoms with E-state index in [2.05, 4.69) is 0 Å². The molecule has 2 aromatic carbocycles. The van der Waals surface area contributed by atoms with Gasteiger partial charge in [-0.2, -0.15) is 8.42 Å². The smallest absolute Gasteiger partial charge is 0.304 e. The maximum Gasteiger partial charge on any atom is 0.358 e. The highest BCUT2D eigenvalue weighted by Gasteiger charge is 2.32. The van der Waals surface area contributed by atoms with Gasteiger partial charge in [-0.1, -0.05) is 36.4 Å². The van der Waals surface area contributed by atoms with Crippen molar-refractivity contribution in [2.24, 2.45) is 0 Å². The Bertz CT molecular complexity index is 856. The Balaban J connectivity index is 2.29. The van der Waals surface area contributed by atoms with Gasteiger partial charge in [-0.05, 0) is 39.1 Å². The summed E-state index contributed by atoms with van der Waals surface area (Å²) in [5, 5.41) is 1.31. The molecular formula is C17H23O6PS. The van der Waals surface area contributed by atoms with Gasteiger partial charge in [0, 0.05) is 5.39 Å². The normalized spacial score (nSPS) is 13.0. The number of benzene rings is 2. The van der Waals surface area contributed by atoms with Crippen molar-refractivity contribution in [2.45, 2.75) is 44.8 Å². The molecule has 0 fully saturated rings. The van der Waals surface area contributed by atoms with Crippen LogP contribution in [0.25, 0.3) is 10.8 Å². The van der Waals surface area contributed by atoms with E-state index in [1.807, 2.05) is 18.2 Å². The highest BCUT2D eigenvalue weighted by Crippen LogP contribution is 2.51. The van der Waals surface area contributed by atoms with E-state index < -0.39 is 36.3 Å². The lowest BCUT2D eigenvalue weighted by molar-refractivity contribution is 0.129. The Morgan fingerprint density at radius 3 is 2.08 bits per heavy atom. The van der Waals surface area contributed by atoms with Crippen LogP contribution in [-0.2, 0) is 27.9 Å². The van der Waals surface area contributed by atoms with Crippen LogP contribution in [0.1, 0.15) is 27.7 Å². The summed E-state index contributed by atoms with van der Waals surface area (Å²) in [7, 11) is -7.83. The van der Waals surface area contributed by atoms with Crippen molar-refractivity contribution >= 4 is 28.5 Å². The largest absolute Gasteiger partial charge is 0.358 e. The molecule has 2 aromatic rings. The molecule has 0 saturated heterocycles. The highest BCUT2D eigenvalue weighted by atomic mass is 32.2. The Kier molecular flexibility index (Phi) is 6.40. The van der Waals surface area contributed by atoms with Gasteiger partial charge in [0.05, 0.1) is 12.2 Å². The maximum absolute atomic E-state index is 12.7. The predicted octanol–water partition coefficient (Wildman–Crippen LogP) is 4.55. The SMILES string of the molecule is CC(C)OP(=O)(COS(=O)(=O)c1cccc2ccccc12)OC(C)C. The van der Waals surface area contributed by atoms with Gasteiger partial charge in [0.1, 0.15) is 4.90 Å². The zero-order valence-electron chi connectivity index (χ0n) is 14.7. The average molecular weight is 386 g/mol. The van der Waals surface area contributed by atoms with Crippen LogP contribution in [0.5, 0.6) is 0 Å². The van der Waals surface area contributed by atoms with Gasteiger partial charge in [-0.15, -0.1) is 0 Å². The van der Waals surface area contributed by atoms with Crippen molar-refractivity contribution < 1.29 is 26.2 Å². The number of hydrogen-bond donors (Lipinski definition) is 0. The van der Waals surface area contributed by atoms with E-state index in [1.54, 1.807) is 45.9 Å². The summed E-state index contributed by atoms with van der Waals surface area (Å²) in [6.45, 7) is 6.76. The first-order valence-electron chi connectivity index (χ1n) is 7.96. The lowest BCUT2D eigenvalue weighted by Crippen LogP contribution is -2.15. The topological polar surface area (TPSA) is 78.9 Å². The van der Waals surface area contributed by atoms with Crippen LogP contribution in [0.4, 0.5) is 0 Å². The summed E-state index contributed by atoms with van der Waals surface area (Å²) in [5.41, 5.74) is 0. The van der Waals surface area contributed by atoms with Crippen molar-refractivity contribution in [3.05, 3.63) is 42.5 Å². The molecule has 0 heterocycles. The average Bonchev–Trinajstić information content (AvgIpc) is 2.51. The summed E-state index contributed by atoms with van der Waals surface area (Å²) in [5.74, 6) is 0. The van der Waals surface area contributed by atoms with Crippen LogP contribution in [0.15, 0.2) is 47.4 Å². The predicted molar refractivity (Wildman–Crippen MR) is 97.1 cm³/mol. The van der Waals surface area contributed by atoms with Gasteiger partial charge in [0.2, 0.25) is 0 Å². The highest BCUT2D eigenvalue weighted by molar-refractivity contribution is 7.87. The second-order valence-corrected chi connectivity index (χ2v) is 9.58. The molecule has 0 spiro atoms. The summed E-state index contributed by atoms with van der Waals surface area (Å²) in [4.78, 5) is 0.0197. The molecule has 0 amide bonds. The Hall–Kier alpha value is -1.24. The minimum absolute atomic E-state index is 0.0197. The number of hydrogen-bond acceptors (Lipinski definition) is 6. The van der Waals surface area contributed by atoms with Gasteiger partial charge < -0.3 is 9.05 Å². The van der Waals surface area contributed by atoms with E-state index >= 15 is 0 Å². The van der Waals surface area contributed by atoms with Crippen LogP contribution < -0.4 is 0 Å². The van der Waals surface area contributed by atoms with Crippen LogP contribution in [0, 0.1) is 0 Å².